The van der Waals surface area contributed by atoms with Crippen molar-refractivity contribution in [2.45, 2.75) is 366 Å². The van der Waals surface area contributed by atoms with Gasteiger partial charge in [0.05, 0.1) is 160 Å². The molecule has 0 bridgehead atoms. The highest BCUT2D eigenvalue weighted by Gasteiger charge is 2.29. The van der Waals surface area contributed by atoms with Crippen molar-refractivity contribution in [1.82, 2.24) is 0 Å². The first-order valence-electron chi connectivity index (χ1n) is 52.2. The van der Waals surface area contributed by atoms with E-state index in [1.54, 1.807) is 0 Å². The molecule has 0 saturated heterocycles. The van der Waals surface area contributed by atoms with Crippen LogP contribution in [0.2, 0.25) is 0 Å². The van der Waals surface area contributed by atoms with Crippen LogP contribution < -0.4 is 0 Å². The molecule has 0 amide bonds. The molecule has 24 heteroatoms. The molecule has 0 N–H and O–H groups in total. The largest absolute Gasteiger partial charge is 0.460 e. The maximum atomic E-state index is 11.5. The predicted molar refractivity (Wildman–Crippen MR) is 533 cm³/mol. The third-order valence-electron chi connectivity index (χ3n) is 24.4. The second kappa shape index (κ2) is 91.9. The number of ether oxygens (including phenoxy) is 8. The number of esters is 8. The average molecular weight is 1830 g/mol. The van der Waals surface area contributed by atoms with Gasteiger partial charge in [-0.1, -0.05) is 143 Å². The summed E-state index contributed by atoms with van der Waals surface area (Å²) >= 11 is 0. The second-order valence-electron chi connectivity index (χ2n) is 36.9. The van der Waals surface area contributed by atoms with Crippen LogP contribution in [0.4, 0.5) is 0 Å². The lowest BCUT2D eigenvalue weighted by Crippen LogP contribution is -2.51. The van der Waals surface area contributed by atoms with Crippen LogP contribution >= 0.6 is 0 Å². The summed E-state index contributed by atoms with van der Waals surface area (Å²) in [7, 11) is 12.5. The van der Waals surface area contributed by atoms with Crippen molar-refractivity contribution >= 4 is 47.8 Å². The van der Waals surface area contributed by atoms with Gasteiger partial charge in [0, 0.05) is 51.4 Å². The lowest BCUT2D eigenvalue weighted by Gasteiger charge is -2.37. The Morgan fingerprint density at radius 1 is 0.150 bits per heavy atom. The van der Waals surface area contributed by atoms with Crippen molar-refractivity contribution < 1.29 is 112 Å². The van der Waals surface area contributed by atoms with E-state index in [0.717, 1.165) is 224 Å². The van der Waals surface area contributed by atoms with Gasteiger partial charge in [-0.15, -0.1) is 0 Å². The minimum atomic E-state index is -0.0778. The van der Waals surface area contributed by atoms with Crippen LogP contribution in [0.15, 0.2) is 0 Å². The van der Waals surface area contributed by atoms with Gasteiger partial charge in [0.15, 0.2) is 0 Å². The first-order valence-corrected chi connectivity index (χ1v) is 52.2. The smallest absolute Gasteiger partial charge is 0.305 e. The Bertz CT molecular complexity index is 2450. The fourth-order valence-corrected chi connectivity index (χ4v) is 14.9. The molecule has 0 heterocycles. The molecule has 127 heavy (non-hydrogen) atoms. The first-order chi connectivity index (χ1) is 60.2. The van der Waals surface area contributed by atoms with Crippen molar-refractivity contribution in [3.8, 4) is 0 Å². The van der Waals surface area contributed by atoms with Gasteiger partial charge in [-0.05, 0) is 172 Å². The van der Waals surface area contributed by atoms with Crippen LogP contribution in [0.5, 0.6) is 0 Å². The lowest BCUT2D eigenvalue weighted by molar-refractivity contribution is -0.927. The molecular weight excluding hydrogens is 1610 g/mol. The minimum Gasteiger partial charge on any atom is -0.460 e. The maximum absolute atomic E-state index is 11.5. The van der Waals surface area contributed by atoms with E-state index in [9.17, 15) is 38.4 Å². The summed E-state index contributed by atoms with van der Waals surface area (Å²) in [6, 6.07) is 0. The minimum absolute atomic E-state index is 0.0250. The monoisotopic (exact) mass is 1830 g/mol. The third kappa shape index (κ3) is 85.4. The number of carbonyl (C=O) groups excluding carboxylic acids is 8. The molecule has 0 aliphatic carbocycles. The fourth-order valence-electron chi connectivity index (χ4n) is 14.9. The molecule has 0 aromatic carbocycles. The van der Waals surface area contributed by atoms with Crippen molar-refractivity contribution in [3.05, 3.63) is 0 Å². The number of nitrogens with zero attached hydrogens (tertiary/aromatic N) is 8. The quantitative estimate of drug-likeness (QED) is 0.0315. The Morgan fingerprint density at radius 3 is 0.425 bits per heavy atom. The Hall–Kier alpha value is -4.56. The summed E-state index contributed by atoms with van der Waals surface area (Å²) in [6.45, 7) is 89.0. The van der Waals surface area contributed by atoms with Gasteiger partial charge < -0.3 is 73.8 Å². The van der Waals surface area contributed by atoms with Gasteiger partial charge in [0.1, 0.15) is 105 Å². The Kier molecular flexibility index (Phi) is 99.8. The fraction of sp³-hybridized carbons (Fsp3) is 0.922. The van der Waals surface area contributed by atoms with E-state index in [-0.39, 0.29) is 47.8 Å². The summed E-state index contributed by atoms with van der Waals surface area (Å²) in [5.74, 6) is -0.394. The van der Waals surface area contributed by atoms with Crippen molar-refractivity contribution in [2.24, 2.45) is 0 Å². The number of likely N-dealkylation sites (N-methyl/N-ethyl adjacent to an activating group) is 8. The summed E-state index contributed by atoms with van der Waals surface area (Å²) in [5, 5.41) is 0. The molecule has 2 unspecified atom stereocenters. The molecular formula is C103H222N8O16+8. The number of rotatable bonds is 71. The number of carbonyl (C=O) groups is 8. The van der Waals surface area contributed by atoms with Gasteiger partial charge >= 0.3 is 47.8 Å². The molecule has 762 valence electrons. The van der Waals surface area contributed by atoms with Gasteiger partial charge in [-0.25, -0.2) is 0 Å². The first kappa shape index (κ1) is 138. The van der Waals surface area contributed by atoms with Crippen molar-refractivity contribution in [1.29, 1.82) is 0 Å². The third-order valence-corrected chi connectivity index (χ3v) is 24.4. The number of hydrogen-bond acceptors (Lipinski definition) is 16. The van der Waals surface area contributed by atoms with Crippen LogP contribution in [0.25, 0.3) is 0 Å². The highest BCUT2D eigenvalue weighted by molar-refractivity contribution is 5.71. The highest BCUT2D eigenvalue weighted by Crippen LogP contribution is 2.17. The lowest BCUT2D eigenvalue weighted by atomic mass is 10.2. The number of hydrogen-bond donors (Lipinski definition) is 0. The molecule has 0 aromatic heterocycles. The van der Waals surface area contributed by atoms with Crippen molar-refractivity contribution in [2.75, 3.05) is 265 Å². The van der Waals surface area contributed by atoms with Crippen LogP contribution in [-0.2, 0) is 76.3 Å². The number of quaternary nitrogens is 8. The molecule has 0 aliphatic rings. The molecule has 24 nitrogen and oxygen atoms in total. The van der Waals surface area contributed by atoms with E-state index in [4.69, 9.17) is 37.9 Å². The van der Waals surface area contributed by atoms with Gasteiger partial charge in [-0.3, -0.25) is 38.4 Å². The van der Waals surface area contributed by atoms with Gasteiger partial charge in [0.25, 0.3) is 0 Å². The van der Waals surface area contributed by atoms with Gasteiger partial charge in [-0.2, -0.15) is 0 Å². The van der Waals surface area contributed by atoms with E-state index in [1.165, 1.54) is 117 Å². The Morgan fingerprint density at radius 2 is 0.291 bits per heavy atom. The molecule has 0 aliphatic heterocycles. The molecule has 0 saturated carbocycles. The summed E-state index contributed by atoms with van der Waals surface area (Å²) in [6.07, 6.45) is 26.9. The SMILES string of the molecule is CCCC(=O)OCC[N+](C)(C)C.CCCC(=O)OCC[N+](C)(C)C.CCCC(=O)OCC[N+](CC)(CC)CC.CCCC(=O)OCC[N+](CC)(CCC)CCC.CCCCC(=O)OCC[N+](CC)(CC)CC.CCCCC(=O)OCC[N+](CC)(CCC)CCC.CCCCC(=O)OCC[N+](CC)(CCC)CCCC.CCCC[N+](CC)(CCC)CCOC(=O)CCC. The van der Waals surface area contributed by atoms with Crippen LogP contribution in [0.3, 0.4) is 0 Å². The van der Waals surface area contributed by atoms with Gasteiger partial charge in [0.2, 0.25) is 0 Å². The van der Waals surface area contributed by atoms with E-state index in [1.807, 2.05) is 34.6 Å². The Labute approximate surface area is 787 Å². The second-order valence-corrected chi connectivity index (χ2v) is 36.9. The zero-order chi connectivity index (χ0) is 98.8. The molecule has 2 atom stereocenters. The zero-order valence-corrected chi connectivity index (χ0v) is 90.7. The maximum Gasteiger partial charge on any atom is 0.305 e. The van der Waals surface area contributed by atoms with E-state index >= 15 is 0 Å². The zero-order valence-electron chi connectivity index (χ0n) is 90.7. The van der Waals surface area contributed by atoms with Crippen LogP contribution in [0.1, 0.15) is 366 Å². The molecule has 0 rings (SSSR count). The molecule has 0 spiro atoms. The molecule has 0 fully saturated rings. The summed E-state index contributed by atoms with van der Waals surface area (Å²) in [5.41, 5.74) is 0. The van der Waals surface area contributed by atoms with E-state index in [2.05, 4.69) is 188 Å². The highest BCUT2D eigenvalue weighted by atomic mass is 16.6. The molecule has 0 aromatic rings. The normalized spacial score (nSPS) is 12.3. The molecule has 0 radical (unpaired) electrons. The van der Waals surface area contributed by atoms with Crippen LogP contribution in [0, 0.1) is 0 Å². The summed E-state index contributed by atoms with van der Waals surface area (Å²) < 4.78 is 49.9. The van der Waals surface area contributed by atoms with E-state index in [0.29, 0.717) is 104 Å². The van der Waals surface area contributed by atoms with Crippen LogP contribution in [-0.4, -0.2) is 349 Å². The van der Waals surface area contributed by atoms with Crippen molar-refractivity contribution in [3.63, 3.8) is 0 Å². The van der Waals surface area contributed by atoms with E-state index < -0.39 is 0 Å². The predicted octanol–water partition coefficient (Wildman–Crippen LogP) is 20.4. The average Bonchev–Trinajstić information content (AvgIpc) is 0.822. The number of unbranched alkanes of at least 4 members (excludes halogenated alkanes) is 5. The standard InChI is InChI=1S/C16H34NO2.2C15H32NO2.C14H30NO2.C13H28NO2.C12H26NO2.2C9H20NO2/c1-5-9-11-16(18)19-15-14-17(8-4,12-7-3)13-10-6-2;1-5-9-10-15(17)18-14-13-16(8-4,11-6-2)12-7-3;1-5-9-12-16(8-4,11-7-3)13-14-18-15(17)10-6-2;1-5-9-14(16)17-13-12-15(8-4,10-6-2)11-7-3;1-5-9-10-13(15)16-12-11-14(6-2,7-3)8-4;1-5-9-12(14)15-11-10-13(6-2,7-3)8-4;2*1-5-6-9(11)12-8-7-10(2,3)4/h5-15H2,1-4H3;2*5-14H2,1-4H3;5-13H2,1-4H3;5-12H2,1-4H3;5-11H2,1-4H3;2*5-8H2,1-4H3/q8*+1. The topological polar surface area (TPSA) is 210 Å². The summed E-state index contributed by atoms with van der Waals surface area (Å²) in [4.78, 5) is 89.9. The Balaban J connectivity index is -0.000000213.